The molecule has 1 aromatic heterocycles. The van der Waals surface area contributed by atoms with Gasteiger partial charge in [0.25, 0.3) is 5.89 Å². The van der Waals surface area contributed by atoms with Crippen LogP contribution in [0.15, 0.2) is 4.52 Å². The second-order valence-electron chi connectivity index (χ2n) is 4.74. The lowest BCUT2D eigenvalue weighted by atomic mass is 10.1. The van der Waals surface area contributed by atoms with Crippen molar-refractivity contribution < 1.29 is 9.26 Å². The Labute approximate surface area is 106 Å². The maximum Gasteiger partial charge on any atom is 0.252 e. The average molecular weight is 253 g/mol. The van der Waals surface area contributed by atoms with Crippen LogP contribution in [-0.2, 0) is 11.3 Å². The average Bonchev–Trinajstić information content (AvgIpc) is 2.89. The third kappa shape index (κ3) is 2.39. The highest BCUT2D eigenvalue weighted by Crippen LogP contribution is 2.26. The molecule has 4 heterocycles. The van der Waals surface area contributed by atoms with Gasteiger partial charge in [-0.1, -0.05) is 5.16 Å². The highest BCUT2D eigenvalue weighted by atomic mass is 16.5. The van der Waals surface area contributed by atoms with Gasteiger partial charge in [0.1, 0.15) is 6.61 Å². The second kappa shape index (κ2) is 5.31. The van der Waals surface area contributed by atoms with Crippen molar-refractivity contribution in [2.75, 3.05) is 45.9 Å². The molecule has 2 N–H and O–H groups in total. The Balaban J connectivity index is 1.62. The SMILES string of the molecule is NCCOCc1nc(C2CN3CCN2CC3)no1. The lowest BCUT2D eigenvalue weighted by Crippen LogP contribution is -2.57. The van der Waals surface area contributed by atoms with Gasteiger partial charge >= 0.3 is 0 Å². The Morgan fingerprint density at radius 1 is 1.33 bits per heavy atom. The molecule has 2 bridgehead atoms. The Kier molecular flexibility index (Phi) is 3.55. The molecule has 18 heavy (non-hydrogen) atoms. The molecule has 1 unspecified atom stereocenters. The van der Waals surface area contributed by atoms with Gasteiger partial charge in [0, 0.05) is 39.3 Å². The number of aromatic nitrogens is 2. The van der Waals surface area contributed by atoms with Crippen molar-refractivity contribution >= 4 is 0 Å². The van der Waals surface area contributed by atoms with Crippen LogP contribution in [0.2, 0.25) is 0 Å². The molecular weight excluding hydrogens is 234 g/mol. The Hall–Kier alpha value is -1.02. The fraction of sp³-hybridized carbons (Fsp3) is 0.818. The predicted molar refractivity (Wildman–Crippen MR) is 63.8 cm³/mol. The van der Waals surface area contributed by atoms with Crippen molar-refractivity contribution in [2.24, 2.45) is 5.73 Å². The molecule has 0 amide bonds. The zero-order valence-corrected chi connectivity index (χ0v) is 10.4. The summed E-state index contributed by atoms with van der Waals surface area (Å²) in [6.07, 6.45) is 0. The first-order valence-electron chi connectivity index (χ1n) is 6.43. The van der Waals surface area contributed by atoms with Gasteiger partial charge in [-0.15, -0.1) is 0 Å². The van der Waals surface area contributed by atoms with E-state index in [9.17, 15) is 0 Å². The molecule has 0 radical (unpaired) electrons. The van der Waals surface area contributed by atoms with Crippen molar-refractivity contribution in [3.8, 4) is 0 Å². The smallest absolute Gasteiger partial charge is 0.252 e. The molecule has 0 aromatic carbocycles. The molecule has 0 saturated carbocycles. The highest BCUT2D eigenvalue weighted by molar-refractivity contribution is 5.01. The van der Waals surface area contributed by atoms with Crippen molar-refractivity contribution in [2.45, 2.75) is 12.6 Å². The third-order valence-corrected chi connectivity index (χ3v) is 3.55. The van der Waals surface area contributed by atoms with Crippen LogP contribution in [0.3, 0.4) is 0 Å². The van der Waals surface area contributed by atoms with E-state index in [4.69, 9.17) is 15.0 Å². The van der Waals surface area contributed by atoms with Crippen LogP contribution in [0.1, 0.15) is 17.8 Å². The van der Waals surface area contributed by atoms with Crippen LogP contribution in [0.25, 0.3) is 0 Å². The third-order valence-electron chi connectivity index (χ3n) is 3.55. The van der Waals surface area contributed by atoms with Crippen LogP contribution in [-0.4, -0.2) is 65.8 Å². The van der Waals surface area contributed by atoms with E-state index in [0.29, 0.717) is 25.6 Å². The van der Waals surface area contributed by atoms with E-state index in [1.165, 1.54) is 0 Å². The molecule has 100 valence electrons. The van der Waals surface area contributed by atoms with E-state index in [1.54, 1.807) is 0 Å². The molecule has 7 nitrogen and oxygen atoms in total. The normalized spacial score (nSPS) is 30.8. The fourth-order valence-electron chi connectivity index (χ4n) is 2.57. The number of rotatable bonds is 5. The Morgan fingerprint density at radius 2 is 2.17 bits per heavy atom. The van der Waals surface area contributed by atoms with Crippen molar-refractivity contribution in [3.05, 3.63) is 11.7 Å². The van der Waals surface area contributed by atoms with Crippen LogP contribution >= 0.6 is 0 Å². The van der Waals surface area contributed by atoms with Gasteiger partial charge in [-0.05, 0) is 0 Å². The maximum atomic E-state index is 5.35. The van der Waals surface area contributed by atoms with Crippen LogP contribution in [0, 0.1) is 0 Å². The summed E-state index contributed by atoms with van der Waals surface area (Å²) in [4.78, 5) is 9.29. The van der Waals surface area contributed by atoms with Crippen molar-refractivity contribution in [3.63, 3.8) is 0 Å². The molecule has 1 atom stereocenters. The highest BCUT2D eigenvalue weighted by Gasteiger charge is 2.35. The first-order valence-corrected chi connectivity index (χ1v) is 6.43. The van der Waals surface area contributed by atoms with Gasteiger partial charge in [0.05, 0.1) is 12.6 Å². The quantitative estimate of drug-likeness (QED) is 0.689. The summed E-state index contributed by atoms with van der Waals surface area (Å²) in [6.45, 7) is 6.87. The summed E-state index contributed by atoms with van der Waals surface area (Å²) in [7, 11) is 0. The molecule has 4 rings (SSSR count). The van der Waals surface area contributed by atoms with E-state index >= 15 is 0 Å². The monoisotopic (exact) mass is 253 g/mol. The van der Waals surface area contributed by atoms with Crippen LogP contribution in [0.4, 0.5) is 0 Å². The summed E-state index contributed by atoms with van der Waals surface area (Å²) >= 11 is 0. The van der Waals surface area contributed by atoms with Crippen LogP contribution in [0.5, 0.6) is 0 Å². The van der Waals surface area contributed by atoms with Crippen molar-refractivity contribution in [1.82, 2.24) is 19.9 Å². The molecule has 0 aliphatic carbocycles. The fourth-order valence-corrected chi connectivity index (χ4v) is 2.57. The molecule has 1 aromatic rings. The summed E-state index contributed by atoms with van der Waals surface area (Å²) in [6, 6.07) is 0.277. The van der Waals surface area contributed by atoms with E-state index in [-0.39, 0.29) is 6.04 Å². The Morgan fingerprint density at radius 3 is 2.83 bits per heavy atom. The number of nitrogens with zero attached hydrogens (tertiary/aromatic N) is 4. The first-order chi connectivity index (χ1) is 8.86. The Bertz CT molecular complexity index is 389. The molecule has 3 saturated heterocycles. The van der Waals surface area contributed by atoms with Gasteiger partial charge in [0.15, 0.2) is 5.82 Å². The van der Waals surface area contributed by atoms with Gasteiger partial charge in [-0.2, -0.15) is 4.98 Å². The van der Waals surface area contributed by atoms with E-state index in [2.05, 4.69) is 19.9 Å². The largest absolute Gasteiger partial charge is 0.370 e. The zero-order chi connectivity index (χ0) is 12.4. The number of hydrogen-bond donors (Lipinski definition) is 1. The van der Waals surface area contributed by atoms with E-state index in [1.807, 2.05) is 0 Å². The minimum absolute atomic E-state index is 0.277. The number of hydrogen-bond acceptors (Lipinski definition) is 7. The number of ether oxygens (including phenoxy) is 1. The molecular formula is C11H19N5O2. The molecule has 3 fully saturated rings. The van der Waals surface area contributed by atoms with Crippen molar-refractivity contribution in [1.29, 1.82) is 0 Å². The number of piperazine rings is 3. The minimum atomic E-state index is 0.277. The maximum absolute atomic E-state index is 5.35. The lowest BCUT2D eigenvalue weighted by Gasteiger charge is -2.46. The van der Waals surface area contributed by atoms with E-state index in [0.717, 1.165) is 38.5 Å². The summed E-state index contributed by atoms with van der Waals surface area (Å²) in [5.41, 5.74) is 5.35. The van der Waals surface area contributed by atoms with Gasteiger partial charge in [-0.3, -0.25) is 9.80 Å². The standard InChI is InChI=1S/C11H19N5O2/c12-1-6-17-8-10-13-11(14-18-10)9-7-15-2-4-16(9)5-3-15/h9H,1-8,12H2. The summed E-state index contributed by atoms with van der Waals surface area (Å²) < 4.78 is 10.5. The topological polar surface area (TPSA) is 80.7 Å². The van der Waals surface area contributed by atoms with Crippen LogP contribution < -0.4 is 5.73 Å². The number of nitrogens with two attached hydrogens (primary N) is 1. The molecule has 3 aliphatic heterocycles. The van der Waals surface area contributed by atoms with Gasteiger partial charge in [-0.25, -0.2) is 0 Å². The predicted octanol–water partition coefficient (Wildman–Crippen LogP) is -0.783. The molecule has 3 aliphatic rings. The zero-order valence-electron chi connectivity index (χ0n) is 10.4. The second-order valence-corrected chi connectivity index (χ2v) is 4.74. The molecule has 0 spiro atoms. The minimum Gasteiger partial charge on any atom is -0.370 e. The van der Waals surface area contributed by atoms with Gasteiger partial charge in [0.2, 0.25) is 0 Å². The number of fused-ring (bicyclic) bond motifs is 3. The van der Waals surface area contributed by atoms with Gasteiger partial charge < -0.3 is 15.0 Å². The summed E-state index contributed by atoms with van der Waals surface area (Å²) in [5, 5.41) is 4.07. The molecule has 7 heteroatoms. The lowest BCUT2D eigenvalue weighted by molar-refractivity contribution is 0.00780. The summed E-state index contributed by atoms with van der Waals surface area (Å²) in [5.74, 6) is 1.32. The van der Waals surface area contributed by atoms with E-state index < -0.39 is 0 Å². The first kappa shape index (κ1) is 12.0.